The Hall–Kier alpha value is 0.310. The molecular weight excluding hydrogens is 180 g/mol. The van der Waals surface area contributed by atoms with Gasteiger partial charge in [0.1, 0.15) is 0 Å². The smallest absolute Gasteiger partial charge is 0.0468 e. The normalized spacial score (nSPS) is 11.1. The van der Waals surface area contributed by atoms with Crippen LogP contribution in [0, 0.1) is 5.92 Å². The summed E-state index contributed by atoms with van der Waals surface area (Å²) in [6.45, 7) is 6.34. The van der Waals surface area contributed by atoms with Gasteiger partial charge in [-0.3, -0.25) is 0 Å². The van der Waals surface area contributed by atoms with Crippen molar-refractivity contribution in [2.24, 2.45) is 5.92 Å². The summed E-state index contributed by atoms with van der Waals surface area (Å²) in [5.74, 6) is 1.79. The topological polar surface area (TPSA) is 9.23 Å². The molecule has 0 fully saturated rings. The molecule has 0 saturated heterocycles. The Kier molecular flexibility index (Phi) is 10.6. The third-order valence-electron chi connectivity index (χ3n) is 2.04. The minimum atomic E-state index is 0.768. The van der Waals surface area contributed by atoms with Gasteiger partial charge in [-0.2, -0.15) is 12.6 Å². The van der Waals surface area contributed by atoms with Crippen molar-refractivity contribution >= 4 is 12.6 Å². The molecule has 0 aromatic rings. The zero-order valence-electron chi connectivity index (χ0n) is 9.09. The van der Waals surface area contributed by atoms with E-state index < -0.39 is 0 Å². The van der Waals surface area contributed by atoms with Crippen LogP contribution >= 0.6 is 12.6 Å². The van der Waals surface area contributed by atoms with Gasteiger partial charge in [-0.15, -0.1) is 0 Å². The van der Waals surface area contributed by atoms with Crippen molar-refractivity contribution < 1.29 is 4.74 Å². The summed E-state index contributed by atoms with van der Waals surface area (Å²) < 4.78 is 5.51. The minimum absolute atomic E-state index is 0.768. The lowest BCUT2D eigenvalue weighted by atomic mass is 10.1. The number of hydrogen-bond donors (Lipinski definition) is 1. The zero-order chi connectivity index (χ0) is 9.94. The van der Waals surface area contributed by atoms with E-state index in [9.17, 15) is 0 Å². The van der Waals surface area contributed by atoms with Crippen LogP contribution in [0.25, 0.3) is 0 Å². The van der Waals surface area contributed by atoms with Crippen LogP contribution in [0.1, 0.15) is 46.0 Å². The summed E-state index contributed by atoms with van der Waals surface area (Å²) in [4.78, 5) is 0. The SMILES string of the molecule is CC(C)CCOCCCCCCS. The second-order valence-electron chi connectivity index (χ2n) is 3.93. The Morgan fingerprint density at radius 2 is 1.69 bits per heavy atom. The highest BCUT2D eigenvalue weighted by atomic mass is 32.1. The van der Waals surface area contributed by atoms with Crippen molar-refractivity contribution in [2.75, 3.05) is 19.0 Å². The molecule has 2 heteroatoms. The summed E-state index contributed by atoms with van der Waals surface area (Å²) in [6, 6.07) is 0. The van der Waals surface area contributed by atoms with Crippen molar-refractivity contribution in [3.05, 3.63) is 0 Å². The van der Waals surface area contributed by atoms with Gasteiger partial charge in [-0.05, 0) is 30.9 Å². The molecule has 0 heterocycles. The summed E-state index contributed by atoms with van der Waals surface area (Å²) in [5.41, 5.74) is 0. The Morgan fingerprint density at radius 1 is 1.00 bits per heavy atom. The first kappa shape index (κ1) is 13.3. The van der Waals surface area contributed by atoms with E-state index in [2.05, 4.69) is 26.5 Å². The predicted molar refractivity (Wildman–Crippen MR) is 62.6 cm³/mol. The molecular formula is C11H24OS. The van der Waals surface area contributed by atoms with Crippen molar-refractivity contribution in [2.45, 2.75) is 46.0 Å². The Labute approximate surface area is 88.7 Å². The molecule has 0 radical (unpaired) electrons. The van der Waals surface area contributed by atoms with Crippen molar-refractivity contribution in [1.82, 2.24) is 0 Å². The molecule has 0 N–H and O–H groups in total. The fourth-order valence-corrected chi connectivity index (χ4v) is 1.31. The average Bonchev–Trinajstić information content (AvgIpc) is 2.09. The quantitative estimate of drug-likeness (QED) is 0.446. The predicted octanol–water partition coefficient (Wildman–Crippen LogP) is 3.54. The van der Waals surface area contributed by atoms with Crippen molar-refractivity contribution in [3.8, 4) is 0 Å². The fraction of sp³-hybridized carbons (Fsp3) is 1.00. The molecule has 0 atom stereocenters. The Morgan fingerprint density at radius 3 is 2.31 bits per heavy atom. The van der Waals surface area contributed by atoms with Gasteiger partial charge in [-0.1, -0.05) is 26.7 Å². The van der Waals surface area contributed by atoms with E-state index >= 15 is 0 Å². The molecule has 0 aliphatic carbocycles. The second-order valence-corrected chi connectivity index (χ2v) is 4.38. The number of rotatable bonds is 9. The Balaban J connectivity index is 2.84. The lowest BCUT2D eigenvalue weighted by Crippen LogP contribution is -2.00. The maximum Gasteiger partial charge on any atom is 0.0468 e. The molecule has 0 aromatic carbocycles. The van der Waals surface area contributed by atoms with Crippen molar-refractivity contribution in [3.63, 3.8) is 0 Å². The van der Waals surface area contributed by atoms with Gasteiger partial charge < -0.3 is 4.74 Å². The Bertz CT molecular complexity index is 94.1. The molecule has 0 saturated carbocycles. The van der Waals surface area contributed by atoms with Gasteiger partial charge in [0, 0.05) is 13.2 Å². The largest absolute Gasteiger partial charge is 0.381 e. The molecule has 0 bridgehead atoms. The molecule has 0 amide bonds. The van der Waals surface area contributed by atoms with E-state index in [1.54, 1.807) is 0 Å². The average molecular weight is 204 g/mol. The van der Waals surface area contributed by atoms with E-state index in [1.807, 2.05) is 0 Å². The lowest BCUT2D eigenvalue weighted by Gasteiger charge is -2.05. The summed E-state index contributed by atoms with van der Waals surface area (Å²) in [7, 11) is 0. The van der Waals surface area contributed by atoms with E-state index in [0.29, 0.717) is 0 Å². The maximum atomic E-state index is 5.51. The van der Waals surface area contributed by atoms with Crippen LogP contribution in [-0.2, 0) is 4.74 Å². The molecule has 0 aliphatic heterocycles. The van der Waals surface area contributed by atoms with E-state index in [4.69, 9.17) is 4.74 Å². The zero-order valence-corrected chi connectivity index (χ0v) is 9.98. The van der Waals surface area contributed by atoms with Crippen molar-refractivity contribution in [1.29, 1.82) is 0 Å². The third kappa shape index (κ3) is 12.3. The standard InChI is InChI=1S/C11H24OS/c1-11(2)7-9-12-8-5-3-4-6-10-13/h11,13H,3-10H2,1-2H3. The number of thiol groups is 1. The first-order valence-electron chi connectivity index (χ1n) is 5.46. The highest BCUT2D eigenvalue weighted by molar-refractivity contribution is 7.80. The van der Waals surface area contributed by atoms with Gasteiger partial charge >= 0.3 is 0 Å². The maximum absolute atomic E-state index is 5.51. The molecule has 0 aliphatic rings. The summed E-state index contributed by atoms with van der Waals surface area (Å²) >= 11 is 4.17. The van der Waals surface area contributed by atoms with E-state index in [0.717, 1.165) is 24.9 Å². The van der Waals surface area contributed by atoms with Crippen LogP contribution in [0.2, 0.25) is 0 Å². The molecule has 13 heavy (non-hydrogen) atoms. The monoisotopic (exact) mass is 204 g/mol. The highest BCUT2D eigenvalue weighted by Gasteiger charge is 1.93. The number of hydrogen-bond acceptors (Lipinski definition) is 2. The van der Waals surface area contributed by atoms with Crippen LogP contribution in [0.3, 0.4) is 0 Å². The van der Waals surface area contributed by atoms with Gasteiger partial charge in [-0.25, -0.2) is 0 Å². The third-order valence-corrected chi connectivity index (χ3v) is 2.35. The highest BCUT2D eigenvalue weighted by Crippen LogP contribution is 2.03. The fourth-order valence-electron chi connectivity index (χ4n) is 1.09. The van der Waals surface area contributed by atoms with E-state index in [-0.39, 0.29) is 0 Å². The van der Waals surface area contributed by atoms with Gasteiger partial charge in [0.2, 0.25) is 0 Å². The lowest BCUT2D eigenvalue weighted by molar-refractivity contribution is 0.120. The van der Waals surface area contributed by atoms with Crippen LogP contribution in [0.15, 0.2) is 0 Å². The van der Waals surface area contributed by atoms with Gasteiger partial charge in [0.15, 0.2) is 0 Å². The number of unbranched alkanes of at least 4 members (excludes halogenated alkanes) is 3. The van der Waals surface area contributed by atoms with Crippen LogP contribution in [-0.4, -0.2) is 19.0 Å². The van der Waals surface area contributed by atoms with Crippen LogP contribution < -0.4 is 0 Å². The molecule has 80 valence electrons. The summed E-state index contributed by atoms with van der Waals surface area (Å²) in [5, 5.41) is 0. The van der Waals surface area contributed by atoms with Gasteiger partial charge in [0.25, 0.3) is 0 Å². The van der Waals surface area contributed by atoms with Crippen LogP contribution in [0.4, 0.5) is 0 Å². The first-order valence-corrected chi connectivity index (χ1v) is 6.09. The minimum Gasteiger partial charge on any atom is -0.381 e. The molecule has 0 rings (SSSR count). The summed E-state index contributed by atoms with van der Waals surface area (Å²) in [6.07, 6.45) is 6.25. The van der Waals surface area contributed by atoms with Gasteiger partial charge in [0.05, 0.1) is 0 Å². The molecule has 0 spiro atoms. The molecule has 0 aromatic heterocycles. The number of ether oxygens (including phenoxy) is 1. The first-order chi connectivity index (χ1) is 6.27. The second kappa shape index (κ2) is 10.4. The molecule has 1 nitrogen and oxygen atoms in total. The van der Waals surface area contributed by atoms with Crippen LogP contribution in [0.5, 0.6) is 0 Å². The van der Waals surface area contributed by atoms with E-state index in [1.165, 1.54) is 32.1 Å². The molecule has 0 unspecified atom stereocenters.